The highest BCUT2D eigenvalue weighted by atomic mass is 32.2. The van der Waals surface area contributed by atoms with E-state index in [0.29, 0.717) is 29.6 Å². The maximum absolute atomic E-state index is 12.7. The summed E-state index contributed by atoms with van der Waals surface area (Å²) >= 11 is 0. The van der Waals surface area contributed by atoms with Crippen LogP contribution in [-0.4, -0.2) is 43.9 Å². The van der Waals surface area contributed by atoms with Gasteiger partial charge in [-0.1, -0.05) is 36.4 Å². The number of anilines is 1. The molecule has 0 radical (unpaired) electrons. The van der Waals surface area contributed by atoms with Crippen molar-refractivity contribution in [3.63, 3.8) is 0 Å². The first-order valence-corrected chi connectivity index (χ1v) is 12.8. The van der Waals surface area contributed by atoms with Crippen LogP contribution in [0.25, 0.3) is 0 Å². The summed E-state index contributed by atoms with van der Waals surface area (Å²) in [6.07, 6.45) is 7.15. The lowest BCUT2D eigenvalue weighted by atomic mass is 9.68. The van der Waals surface area contributed by atoms with Gasteiger partial charge < -0.3 is 10.1 Å². The van der Waals surface area contributed by atoms with Crippen LogP contribution in [0.4, 0.5) is 5.95 Å². The second kappa shape index (κ2) is 9.06. The Balaban J connectivity index is 1.43. The summed E-state index contributed by atoms with van der Waals surface area (Å²) in [5, 5.41) is 3.44. The standard InChI is InChI=1S/C25H27N5O3S/c1-33-20-9-5-10-21-22(20)23(30-34(21,31)32)28-17-25(18-7-3-2-4-8-18)13-11-19(12-14-25)29-24-26-15-6-16-27-24/h2-10,15-16,19H,11-14,17H2,1H3,(H,28,30)(H,26,27,29). The van der Waals surface area contributed by atoms with Crippen LogP contribution in [0.3, 0.4) is 0 Å². The van der Waals surface area contributed by atoms with Crippen molar-refractivity contribution in [2.75, 3.05) is 19.0 Å². The Hall–Kier alpha value is -3.46. The third-order valence-electron chi connectivity index (χ3n) is 6.73. The molecule has 3 aromatic rings. The van der Waals surface area contributed by atoms with Gasteiger partial charge in [0.1, 0.15) is 16.5 Å². The van der Waals surface area contributed by atoms with E-state index in [1.54, 1.807) is 36.7 Å². The zero-order chi connectivity index (χ0) is 23.6. The van der Waals surface area contributed by atoms with Crippen molar-refractivity contribution in [3.05, 3.63) is 78.1 Å². The van der Waals surface area contributed by atoms with Crippen LogP contribution in [0.15, 0.2) is 76.9 Å². The van der Waals surface area contributed by atoms with Crippen molar-refractivity contribution in [2.45, 2.75) is 42.0 Å². The van der Waals surface area contributed by atoms with Gasteiger partial charge in [-0.3, -0.25) is 9.71 Å². The highest BCUT2D eigenvalue weighted by Crippen LogP contribution is 2.41. The number of aliphatic imine (C=N–C) groups is 1. The SMILES string of the molecule is COc1cccc2c1C(=NCC1(c3ccccc3)CCC(Nc3ncccn3)CC1)NS2(=O)=O. The zero-order valence-electron chi connectivity index (χ0n) is 18.9. The first-order chi connectivity index (χ1) is 16.5. The van der Waals surface area contributed by atoms with Crippen LogP contribution >= 0.6 is 0 Å². The van der Waals surface area contributed by atoms with Gasteiger partial charge in [-0.2, -0.15) is 0 Å². The predicted octanol–water partition coefficient (Wildman–Crippen LogP) is 3.52. The molecule has 1 aromatic heterocycles. The van der Waals surface area contributed by atoms with Crippen LogP contribution in [0.5, 0.6) is 5.75 Å². The third kappa shape index (κ3) is 4.23. The fourth-order valence-corrected chi connectivity index (χ4v) is 6.17. The van der Waals surface area contributed by atoms with E-state index in [9.17, 15) is 8.42 Å². The molecular weight excluding hydrogens is 450 g/mol. The van der Waals surface area contributed by atoms with Gasteiger partial charge in [0.25, 0.3) is 10.0 Å². The van der Waals surface area contributed by atoms with Crippen LogP contribution in [-0.2, 0) is 15.4 Å². The van der Waals surface area contributed by atoms with E-state index in [4.69, 9.17) is 9.73 Å². The highest BCUT2D eigenvalue weighted by Gasteiger charge is 2.39. The van der Waals surface area contributed by atoms with E-state index in [0.717, 1.165) is 25.7 Å². The molecule has 0 atom stereocenters. The Labute approximate surface area is 199 Å². The number of aromatic nitrogens is 2. The van der Waals surface area contributed by atoms with Crippen molar-refractivity contribution in [3.8, 4) is 5.75 Å². The summed E-state index contributed by atoms with van der Waals surface area (Å²) in [6, 6.07) is 17.5. The van der Waals surface area contributed by atoms with Gasteiger partial charge in [-0.05, 0) is 49.4 Å². The first-order valence-electron chi connectivity index (χ1n) is 11.3. The van der Waals surface area contributed by atoms with E-state index in [1.165, 1.54) is 12.7 Å². The minimum absolute atomic E-state index is 0.194. The lowest BCUT2D eigenvalue weighted by Crippen LogP contribution is -2.39. The first kappa shape index (κ1) is 22.3. The summed E-state index contributed by atoms with van der Waals surface area (Å²) < 4.78 is 33.4. The minimum Gasteiger partial charge on any atom is -0.496 e. The molecule has 9 heteroatoms. The van der Waals surface area contributed by atoms with Gasteiger partial charge in [0.15, 0.2) is 0 Å². The summed E-state index contributed by atoms with van der Waals surface area (Å²) in [5.41, 5.74) is 1.53. The van der Waals surface area contributed by atoms with Gasteiger partial charge in [-0.15, -0.1) is 0 Å². The van der Waals surface area contributed by atoms with Crippen molar-refractivity contribution in [2.24, 2.45) is 4.99 Å². The Morgan fingerprint density at radius 2 is 1.79 bits per heavy atom. The maximum atomic E-state index is 12.7. The lowest BCUT2D eigenvalue weighted by Gasteiger charge is -2.40. The number of rotatable bonds is 6. The number of sulfonamides is 1. The topological polar surface area (TPSA) is 106 Å². The Morgan fingerprint density at radius 1 is 1.06 bits per heavy atom. The van der Waals surface area contributed by atoms with E-state index in [-0.39, 0.29) is 16.4 Å². The van der Waals surface area contributed by atoms with Gasteiger partial charge in [0, 0.05) is 23.9 Å². The molecule has 0 spiro atoms. The van der Waals surface area contributed by atoms with E-state index in [1.807, 2.05) is 18.2 Å². The molecule has 34 heavy (non-hydrogen) atoms. The molecule has 176 valence electrons. The van der Waals surface area contributed by atoms with Gasteiger partial charge in [-0.25, -0.2) is 18.4 Å². The van der Waals surface area contributed by atoms with E-state index >= 15 is 0 Å². The van der Waals surface area contributed by atoms with Crippen LogP contribution in [0.1, 0.15) is 36.8 Å². The summed E-state index contributed by atoms with van der Waals surface area (Å²) in [7, 11) is -2.12. The molecule has 2 heterocycles. The number of methoxy groups -OCH3 is 1. The van der Waals surface area contributed by atoms with E-state index in [2.05, 4.69) is 32.1 Å². The summed E-state index contributed by atoms with van der Waals surface area (Å²) in [5.74, 6) is 1.49. The third-order valence-corrected chi connectivity index (χ3v) is 8.11. The number of hydrogen-bond acceptors (Lipinski definition) is 7. The van der Waals surface area contributed by atoms with Crippen LogP contribution in [0.2, 0.25) is 0 Å². The van der Waals surface area contributed by atoms with Crippen LogP contribution in [0, 0.1) is 0 Å². The molecule has 2 aliphatic rings. The fourth-order valence-electron chi connectivity index (χ4n) is 4.91. The number of nitrogens with one attached hydrogen (secondary N) is 2. The quantitative estimate of drug-likeness (QED) is 0.563. The maximum Gasteiger partial charge on any atom is 0.263 e. The van der Waals surface area contributed by atoms with Crippen molar-refractivity contribution >= 4 is 21.8 Å². The number of amidine groups is 1. The number of fused-ring (bicyclic) bond motifs is 1. The molecule has 8 nitrogen and oxygen atoms in total. The van der Waals surface area contributed by atoms with Crippen molar-refractivity contribution < 1.29 is 13.2 Å². The Bertz CT molecular complexity index is 1290. The molecule has 2 aromatic carbocycles. The zero-order valence-corrected chi connectivity index (χ0v) is 19.8. The second-order valence-corrected chi connectivity index (χ2v) is 10.4. The number of hydrogen-bond donors (Lipinski definition) is 2. The molecule has 1 saturated carbocycles. The molecular formula is C25H27N5O3S. The second-order valence-electron chi connectivity index (χ2n) is 8.74. The molecule has 1 aliphatic heterocycles. The molecule has 2 N–H and O–H groups in total. The molecule has 0 unspecified atom stereocenters. The number of ether oxygens (including phenoxy) is 1. The molecule has 0 amide bonds. The molecule has 0 bridgehead atoms. The lowest BCUT2D eigenvalue weighted by molar-refractivity contribution is 0.285. The van der Waals surface area contributed by atoms with Gasteiger partial charge >= 0.3 is 0 Å². The number of benzene rings is 2. The monoisotopic (exact) mass is 477 g/mol. The summed E-state index contributed by atoms with van der Waals surface area (Å²) in [6.45, 7) is 0.473. The minimum atomic E-state index is -3.65. The normalized spacial score (nSPS) is 24.3. The molecule has 1 aliphatic carbocycles. The predicted molar refractivity (Wildman–Crippen MR) is 131 cm³/mol. The van der Waals surface area contributed by atoms with Crippen molar-refractivity contribution in [1.29, 1.82) is 0 Å². The molecule has 0 saturated heterocycles. The number of nitrogens with zero attached hydrogens (tertiary/aromatic N) is 3. The Kier molecular flexibility index (Phi) is 5.95. The van der Waals surface area contributed by atoms with Crippen LogP contribution < -0.4 is 14.8 Å². The smallest absolute Gasteiger partial charge is 0.263 e. The average molecular weight is 478 g/mol. The Morgan fingerprint density at radius 3 is 2.50 bits per heavy atom. The summed E-state index contributed by atoms with van der Waals surface area (Å²) in [4.78, 5) is 13.6. The van der Waals surface area contributed by atoms with E-state index < -0.39 is 10.0 Å². The highest BCUT2D eigenvalue weighted by molar-refractivity contribution is 7.90. The van der Waals surface area contributed by atoms with Gasteiger partial charge in [0.05, 0.1) is 19.2 Å². The van der Waals surface area contributed by atoms with Gasteiger partial charge in [0.2, 0.25) is 5.95 Å². The largest absolute Gasteiger partial charge is 0.496 e. The molecule has 1 fully saturated rings. The average Bonchev–Trinajstić information content (AvgIpc) is 3.15. The van der Waals surface area contributed by atoms with Crippen molar-refractivity contribution in [1.82, 2.24) is 14.7 Å². The molecule has 5 rings (SSSR count). The fraction of sp³-hybridized carbons (Fsp3) is 0.320.